The minimum atomic E-state index is 0.212. The van der Waals surface area contributed by atoms with Crippen molar-refractivity contribution in [1.29, 1.82) is 0 Å². The van der Waals surface area contributed by atoms with Crippen molar-refractivity contribution in [2.45, 2.75) is 39.4 Å². The maximum atomic E-state index is 6.00. The Balaban J connectivity index is 2.22. The van der Waals surface area contributed by atoms with Crippen LogP contribution >= 0.6 is 11.6 Å². The average Bonchev–Trinajstić information content (AvgIpc) is 2.46. The summed E-state index contributed by atoms with van der Waals surface area (Å²) in [4.78, 5) is 6.73. The van der Waals surface area contributed by atoms with E-state index in [-0.39, 0.29) is 5.54 Å². The molecule has 1 aliphatic heterocycles. The summed E-state index contributed by atoms with van der Waals surface area (Å²) in [7, 11) is 0. The van der Waals surface area contributed by atoms with Gasteiger partial charge in [-0.15, -0.1) is 0 Å². The molecule has 0 amide bonds. The molecular weight excluding hydrogens is 198 g/mol. The van der Waals surface area contributed by atoms with Crippen LogP contribution in [0.5, 0.6) is 0 Å². The van der Waals surface area contributed by atoms with Gasteiger partial charge >= 0.3 is 0 Å². The molecule has 1 aliphatic rings. The lowest BCUT2D eigenvalue weighted by Crippen LogP contribution is -2.45. The second-order valence-electron chi connectivity index (χ2n) is 4.74. The lowest BCUT2D eigenvalue weighted by molar-refractivity contribution is 0.100. The van der Waals surface area contributed by atoms with Crippen LogP contribution in [-0.4, -0.2) is 26.5 Å². The third-order valence-electron chi connectivity index (χ3n) is 2.76. The van der Waals surface area contributed by atoms with Crippen LogP contribution in [0.2, 0.25) is 5.15 Å². The predicted molar refractivity (Wildman–Crippen MR) is 57.4 cm³/mol. The van der Waals surface area contributed by atoms with Gasteiger partial charge in [0.05, 0.1) is 12.7 Å². The SMILES string of the molecule is CC(C)(C)N1CCn2c(Cl)cnc2C1. The summed E-state index contributed by atoms with van der Waals surface area (Å²) in [5.41, 5.74) is 0.212. The predicted octanol–water partition coefficient (Wildman–Crippen LogP) is 2.15. The second-order valence-corrected chi connectivity index (χ2v) is 5.13. The molecule has 1 aromatic heterocycles. The number of hydrogen-bond acceptors (Lipinski definition) is 2. The number of rotatable bonds is 0. The third kappa shape index (κ3) is 1.66. The van der Waals surface area contributed by atoms with Gasteiger partial charge in [0.25, 0.3) is 0 Å². The molecule has 2 rings (SSSR count). The maximum absolute atomic E-state index is 6.00. The maximum Gasteiger partial charge on any atom is 0.128 e. The van der Waals surface area contributed by atoms with Crippen molar-refractivity contribution in [3.63, 3.8) is 0 Å². The Bertz CT molecular complexity index is 338. The molecule has 0 unspecified atom stereocenters. The van der Waals surface area contributed by atoms with Gasteiger partial charge in [0.15, 0.2) is 0 Å². The van der Waals surface area contributed by atoms with Gasteiger partial charge in [0.2, 0.25) is 0 Å². The van der Waals surface area contributed by atoms with Crippen LogP contribution in [0.4, 0.5) is 0 Å². The van der Waals surface area contributed by atoms with E-state index in [1.165, 1.54) is 0 Å². The number of nitrogens with zero attached hydrogens (tertiary/aromatic N) is 3. The fourth-order valence-electron chi connectivity index (χ4n) is 1.80. The van der Waals surface area contributed by atoms with E-state index in [0.29, 0.717) is 0 Å². The molecule has 0 aromatic carbocycles. The molecule has 3 nitrogen and oxygen atoms in total. The van der Waals surface area contributed by atoms with Crippen molar-refractivity contribution in [1.82, 2.24) is 14.5 Å². The molecular formula is C10H16ClN3. The molecule has 2 heterocycles. The van der Waals surface area contributed by atoms with Crippen molar-refractivity contribution in [3.8, 4) is 0 Å². The lowest BCUT2D eigenvalue weighted by Gasteiger charge is -2.38. The molecule has 0 saturated heterocycles. The molecule has 0 N–H and O–H groups in total. The lowest BCUT2D eigenvalue weighted by atomic mass is 10.1. The normalized spacial score (nSPS) is 18.3. The minimum Gasteiger partial charge on any atom is -0.317 e. The fourth-order valence-corrected chi connectivity index (χ4v) is 2.03. The molecule has 1 aromatic rings. The van der Waals surface area contributed by atoms with Crippen LogP contribution in [0, 0.1) is 0 Å². The first-order chi connectivity index (χ1) is 6.48. The van der Waals surface area contributed by atoms with Crippen molar-refractivity contribution < 1.29 is 0 Å². The molecule has 14 heavy (non-hydrogen) atoms. The van der Waals surface area contributed by atoms with Crippen molar-refractivity contribution in [2.24, 2.45) is 0 Å². The standard InChI is InChI=1S/C10H16ClN3/c1-10(2,3)13-4-5-14-8(11)6-12-9(14)7-13/h6H,4-5,7H2,1-3H3. The number of halogens is 1. The van der Waals surface area contributed by atoms with Gasteiger partial charge < -0.3 is 4.57 Å². The van der Waals surface area contributed by atoms with Crippen LogP contribution in [0.3, 0.4) is 0 Å². The Morgan fingerprint density at radius 2 is 2.07 bits per heavy atom. The zero-order chi connectivity index (χ0) is 10.3. The molecule has 0 atom stereocenters. The molecule has 0 aliphatic carbocycles. The van der Waals surface area contributed by atoms with E-state index in [1.807, 2.05) is 0 Å². The van der Waals surface area contributed by atoms with E-state index in [4.69, 9.17) is 11.6 Å². The average molecular weight is 214 g/mol. The molecule has 0 fully saturated rings. The first-order valence-corrected chi connectivity index (χ1v) is 5.31. The van der Waals surface area contributed by atoms with Crippen LogP contribution in [0.25, 0.3) is 0 Å². The minimum absolute atomic E-state index is 0.212. The topological polar surface area (TPSA) is 21.1 Å². The molecule has 0 radical (unpaired) electrons. The number of imidazole rings is 1. The summed E-state index contributed by atoms with van der Waals surface area (Å²) in [6.07, 6.45) is 1.74. The van der Waals surface area contributed by atoms with Crippen LogP contribution < -0.4 is 0 Å². The van der Waals surface area contributed by atoms with Gasteiger partial charge in [-0.25, -0.2) is 4.98 Å². The zero-order valence-corrected chi connectivity index (χ0v) is 9.67. The van der Waals surface area contributed by atoms with Crippen molar-refractivity contribution in [2.75, 3.05) is 6.54 Å². The van der Waals surface area contributed by atoms with Crippen LogP contribution in [0.15, 0.2) is 6.20 Å². The first-order valence-electron chi connectivity index (χ1n) is 4.93. The molecule has 0 spiro atoms. The highest BCUT2D eigenvalue weighted by molar-refractivity contribution is 6.29. The van der Waals surface area contributed by atoms with E-state index >= 15 is 0 Å². The second kappa shape index (κ2) is 3.24. The highest BCUT2D eigenvalue weighted by Crippen LogP contribution is 2.23. The van der Waals surface area contributed by atoms with Crippen LogP contribution in [0.1, 0.15) is 26.6 Å². The molecule has 78 valence electrons. The number of fused-ring (bicyclic) bond motifs is 1. The van der Waals surface area contributed by atoms with Gasteiger partial charge in [-0.1, -0.05) is 11.6 Å². The first kappa shape index (κ1) is 9.99. The molecule has 0 bridgehead atoms. The summed E-state index contributed by atoms with van der Waals surface area (Å²) in [5.74, 6) is 1.08. The highest BCUT2D eigenvalue weighted by Gasteiger charge is 2.26. The summed E-state index contributed by atoms with van der Waals surface area (Å²) < 4.78 is 2.09. The van der Waals surface area contributed by atoms with Gasteiger partial charge in [-0.2, -0.15) is 0 Å². The van der Waals surface area contributed by atoms with Crippen molar-refractivity contribution >= 4 is 11.6 Å². The van der Waals surface area contributed by atoms with E-state index in [0.717, 1.165) is 30.6 Å². The molecule has 4 heteroatoms. The monoisotopic (exact) mass is 213 g/mol. The van der Waals surface area contributed by atoms with Gasteiger partial charge in [-0.05, 0) is 20.8 Å². The Kier molecular flexibility index (Phi) is 2.32. The molecule has 0 saturated carbocycles. The van der Waals surface area contributed by atoms with E-state index < -0.39 is 0 Å². The fraction of sp³-hybridized carbons (Fsp3) is 0.700. The number of aromatic nitrogens is 2. The number of hydrogen-bond donors (Lipinski definition) is 0. The quantitative estimate of drug-likeness (QED) is 0.659. The summed E-state index contributed by atoms with van der Waals surface area (Å²) in [6.45, 7) is 9.59. The summed E-state index contributed by atoms with van der Waals surface area (Å²) in [5, 5.41) is 0.758. The Hall–Kier alpha value is -0.540. The third-order valence-corrected chi connectivity index (χ3v) is 3.07. The Labute approximate surface area is 89.7 Å². The summed E-state index contributed by atoms with van der Waals surface area (Å²) >= 11 is 6.00. The summed E-state index contributed by atoms with van der Waals surface area (Å²) in [6, 6.07) is 0. The zero-order valence-electron chi connectivity index (χ0n) is 8.92. The van der Waals surface area contributed by atoms with Crippen LogP contribution in [-0.2, 0) is 13.1 Å². The Morgan fingerprint density at radius 1 is 1.36 bits per heavy atom. The largest absolute Gasteiger partial charge is 0.317 e. The van der Waals surface area contributed by atoms with E-state index in [1.54, 1.807) is 6.20 Å². The van der Waals surface area contributed by atoms with Gasteiger partial charge in [0.1, 0.15) is 11.0 Å². The van der Waals surface area contributed by atoms with Crippen molar-refractivity contribution in [3.05, 3.63) is 17.2 Å². The van der Waals surface area contributed by atoms with Gasteiger partial charge in [-0.3, -0.25) is 4.90 Å². The smallest absolute Gasteiger partial charge is 0.128 e. The highest BCUT2D eigenvalue weighted by atomic mass is 35.5. The van der Waals surface area contributed by atoms with Gasteiger partial charge in [0, 0.05) is 18.6 Å². The van der Waals surface area contributed by atoms with E-state index in [2.05, 4.69) is 35.2 Å². The van der Waals surface area contributed by atoms with E-state index in [9.17, 15) is 0 Å². The Morgan fingerprint density at radius 3 is 2.71 bits per heavy atom.